The highest BCUT2D eigenvalue weighted by molar-refractivity contribution is 6.05. The number of aliphatic carboxylic acids is 1. The maximum atomic E-state index is 11.8. The summed E-state index contributed by atoms with van der Waals surface area (Å²) in [5.41, 5.74) is 2.33. The first-order valence-electron chi connectivity index (χ1n) is 6.10. The van der Waals surface area contributed by atoms with Crippen LogP contribution in [0.5, 0.6) is 0 Å². The molecule has 94 valence electrons. The number of rotatable bonds is 2. The summed E-state index contributed by atoms with van der Waals surface area (Å²) in [5.74, 6) is -0.871. The zero-order valence-corrected chi connectivity index (χ0v) is 10.4. The number of carboxylic acids is 1. The molecule has 0 spiro atoms. The minimum atomic E-state index is -0.728. The highest BCUT2D eigenvalue weighted by Gasteiger charge is 2.45. The molecule has 4 heteroatoms. The fourth-order valence-electron chi connectivity index (χ4n) is 2.66. The summed E-state index contributed by atoms with van der Waals surface area (Å²) in [6.07, 6.45) is 0.704. The van der Waals surface area contributed by atoms with E-state index in [0.717, 1.165) is 16.8 Å². The second kappa shape index (κ2) is 3.34. The van der Waals surface area contributed by atoms with Gasteiger partial charge in [-0.3, -0.25) is 9.59 Å². The van der Waals surface area contributed by atoms with Crippen molar-refractivity contribution in [3.05, 3.63) is 29.3 Å². The number of nitrogens with one attached hydrogen (secondary N) is 1. The average Bonchev–Trinajstić information content (AvgIpc) is 3.05. The number of benzene rings is 1. The van der Waals surface area contributed by atoms with Crippen molar-refractivity contribution in [2.75, 3.05) is 5.32 Å². The molecule has 3 rings (SSSR count). The Kier molecular flexibility index (Phi) is 2.09. The Morgan fingerprint density at radius 2 is 2.17 bits per heavy atom. The van der Waals surface area contributed by atoms with Gasteiger partial charge in [-0.2, -0.15) is 0 Å². The molecular formula is C14H15NO3. The molecule has 1 saturated carbocycles. The summed E-state index contributed by atoms with van der Waals surface area (Å²) in [4.78, 5) is 22.7. The molecule has 1 aromatic carbocycles. The third-order valence-electron chi connectivity index (χ3n) is 4.07. The molecule has 1 aliphatic heterocycles. The van der Waals surface area contributed by atoms with E-state index in [1.165, 1.54) is 0 Å². The summed E-state index contributed by atoms with van der Waals surface area (Å²) in [5, 5.41) is 11.8. The SMILES string of the molecule is CC1(C)C(=O)Nc2ccc(C3CC3C(=O)O)cc21. The Hall–Kier alpha value is -1.84. The molecule has 4 nitrogen and oxygen atoms in total. The van der Waals surface area contributed by atoms with Gasteiger partial charge in [0.1, 0.15) is 0 Å². The van der Waals surface area contributed by atoms with Crippen LogP contribution in [0.1, 0.15) is 37.3 Å². The van der Waals surface area contributed by atoms with Crippen LogP contribution in [0.3, 0.4) is 0 Å². The molecule has 0 saturated heterocycles. The van der Waals surface area contributed by atoms with Crippen LogP contribution in [0.4, 0.5) is 5.69 Å². The van der Waals surface area contributed by atoms with Crippen molar-refractivity contribution in [2.45, 2.75) is 31.6 Å². The Morgan fingerprint density at radius 1 is 1.44 bits per heavy atom. The van der Waals surface area contributed by atoms with E-state index in [4.69, 9.17) is 5.11 Å². The summed E-state index contributed by atoms with van der Waals surface area (Å²) in [6, 6.07) is 5.80. The zero-order valence-electron chi connectivity index (χ0n) is 10.4. The van der Waals surface area contributed by atoms with Crippen molar-refractivity contribution in [3.8, 4) is 0 Å². The van der Waals surface area contributed by atoms with Crippen LogP contribution in [-0.2, 0) is 15.0 Å². The fraction of sp³-hybridized carbons (Fsp3) is 0.429. The number of carbonyl (C=O) groups is 2. The van der Waals surface area contributed by atoms with Crippen LogP contribution in [0, 0.1) is 5.92 Å². The van der Waals surface area contributed by atoms with Crippen molar-refractivity contribution in [1.29, 1.82) is 0 Å². The van der Waals surface area contributed by atoms with E-state index in [9.17, 15) is 9.59 Å². The number of hydrogen-bond acceptors (Lipinski definition) is 2. The van der Waals surface area contributed by atoms with Gasteiger partial charge in [-0.1, -0.05) is 12.1 Å². The first-order valence-corrected chi connectivity index (χ1v) is 6.10. The molecule has 0 aromatic heterocycles. The molecule has 2 atom stereocenters. The van der Waals surface area contributed by atoms with Crippen molar-refractivity contribution in [3.63, 3.8) is 0 Å². The Bertz CT molecular complexity index is 562. The molecule has 1 heterocycles. The Labute approximate surface area is 105 Å². The van der Waals surface area contributed by atoms with E-state index in [2.05, 4.69) is 5.32 Å². The number of carbonyl (C=O) groups excluding carboxylic acids is 1. The minimum absolute atomic E-state index is 0.000214. The van der Waals surface area contributed by atoms with Crippen LogP contribution in [-0.4, -0.2) is 17.0 Å². The van der Waals surface area contributed by atoms with Crippen LogP contribution < -0.4 is 5.32 Å². The number of amides is 1. The highest BCUT2D eigenvalue weighted by Crippen LogP contribution is 2.49. The number of fused-ring (bicyclic) bond motifs is 1. The molecule has 0 bridgehead atoms. The van der Waals surface area contributed by atoms with Crippen molar-refractivity contribution in [1.82, 2.24) is 0 Å². The smallest absolute Gasteiger partial charge is 0.307 e. The summed E-state index contributed by atoms with van der Waals surface area (Å²) in [6.45, 7) is 3.78. The Morgan fingerprint density at radius 3 is 2.78 bits per heavy atom. The van der Waals surface area contributed by atoms with E-state index in [-0.39, 0.29) is 17.7 Å². The van der Waals surface area contributed by atoms with Crippen molar-refractivity contribution >= 4 is 17.6 Å². The molecule has 18 heavy (non-hydrogen) atoms. The van der Waals surface area contributed by atoms with Crippen LogP contribution in [0.2, 0.25) is 0 Å². The van der Waals surface area contributed by atoms with Gasteiger partial charge in [-0.15, -0.1) is 0 Å². The normalized spacial score (nSPS) is 27.6. The average molecular weight is 245 g/mol. The predicted octanol–water partition coefficient (Wildman–Crippen LogP) is 2.10. The predicted molar refractivity (Wildman–Crippen MR) is 66.6 cm³/mol. The van der Waals surface area contributed by atoms with E-state index in [1.807, 2.05) is 32.0 Å². The maximum absolute atomic E-state index is 11.8. The number of hydrogen-bond donors (Lipinski definition) is 2. The van der Waals surface area contributed by atoms with Crippen LogP contribution in [0.25, 0.3) is 0 Å². The monoisotopic (exact) mass is 245 g/mol. The second-order valence-electron chi connectivity index (χ2n) is 5.67. The van der Waals surface area contributed by atoms with Gasteiger partial charge in [-0.25, -0.2) is 0 Å². The molecule has 2 aliphatic rings. The topological polar surface area (TPSA) is 66.4 Å². The molecule has 2 unspecified atom stereocenters. The van der Waals surface area contributed by atoms with Gasteiger partial charge < -0.3 is 10.4 Å². The van der Waals surface area contributed by atoms with Crippen LogP contribution >= 0.6 is 0 Å². The van der Waals surface area contributed by atoms with Gasteiger partial charge in [0.05, 0.1) is 11.3 Å². The largest absolute Gasteiger partial charge is 0.481 e. The van der Waals surface area contributed by atoms with Gasteiger partial charge in [0.15, 0.2) is 0 Å². The second-order valence-corrected chi connectivity index (χ2v) is 5.67. The highest BCUT2D eigenvalue weighted by atomic mass is 16.4. The maximum Gasteiger partial charge on any atom is 0.307 e. The minimum Gasteiger partial charge on any atom is -0.481 e. The number of carboxylic acid groups (broad SMARTS) is 1. The molecular weight excluding hydrogens is 230 g/mol. The van der Waals surface area contributed by atoms with Gasteiger partial charge in [0.25, 0.3) is 0 Å². The first kappa shape index (κ1) is 11.3. The first-order chi connectivity index (χ1) is 8.41. The van der Waals surface area contributed by atoms with E-state index in [1.54, 1.807) is 0 Å². The van der Waals surface area contributed by atoms with Gasteiger partial charge >= 0.3 is 5.97 Å². The molecule has 2 N–H and O–H groups in total. The molecule has 1 aliphatic carbocycles. The lowest BCUT2D eigenvalue weighted by atomic mass is 9.85. The molecule has 1 aromatic rings. The van der Waals surface area contributed by atoms with E-state index < -0.39 is 11.4 Å². The third kappa shape index (κ3) is 1.45. The summed E-state index contributed by atoms with van der Waals surface area (Å²) >= 11 is 0. The molecule has 1 fully saturated rings. The molecule has 0 radical (unpaired) electrons. The van der Waals surface area contributed by atoms with Crippen molar-refractivity contribution < 1.29 is 14.7 Å². The summed E-state index contributed by atoms with van der Waals surface area (Å²) < 4.78 is 0. The summed E-state index contributed by atoms with van der Waals surface area (Å²) in [7, 11) is 0. The van der Waals surface area contributed by atoms with Gasteiger partial charge in [0.2, 0.25) is 5.91 Å². The fourth-order valence-corrected chi connectivity index (χ4v) is 2.66. The zero-order chi connectivity index (χ0) is 13.1. The van der Waals surface area contributed by atoms with E-state index in [0.29, 0.717) is 6.42 Å². The van der Waals surface area contributed by atoms with Crippen molar-refractivity contribution in [2.24, 2.45) is 5.92 Å². The lowest BCUT2D eigenvalue weighted by Crippen LogP contribution is -2.26. The lowest BCUT2D eigenvalue weighted by Gasteiger charge is -2.15. The van der Waals surface area contributed by atoms with Crippen LogP contribution in [0.15, 0.2) is 18.2 Å². The third-order valence-corrected chi connectivity index (χ3v) is 4.07. The number of anilines is 1. The van der Waals surface area contributed by atoms with Gasteiger partial charge in [0, 0.05) is 5.69 Å². The lowest BCUT2D eigenvalue weighted by molar-refractivity contribution is -0.138. The van der Waals surface area contributed by atoms with Gasteiger partial charge in [-0.05, 0) is 43.4 Å². The quantitative estimate of drug-likeness (QED) is 0.838. The van der Waals surface area contributed by atoms with E-state index >= 15 is 0 Å². The Balaban J connectivity index is 1.96. The standard InChI is InChI=1S/C14H15NO3/c1-14(2)10-5-7(8-6-9(8)12(16)17)3-4-11(10)15-13(14)18/h3-5,8-9H,6H2,1-2H3,(H,15,18)(H,16,17). The molecule has 1 amide bonds.